The Kier molecular flexibility index (Phi) is 8.45. The summed E-state index contributed by atoms with van der Waals surface area (Å²) >= 11 is 0. The number of nitrogens with zero attached hydrogens (tertiary/aromatic N) is 1. The van der Waals surface area contributed by atoms with Crippen LogP contribution in [0.1, 0.15) is 28.4 Å². The van der Waals surface area contributed by atoms with Crippen LogP contribution < -0.4 is 14.8 Å². The Morgan fingerprint density at radius 2 is 1.68 bits per heavy atom. The van der Waals surface area contributed by atoms with Crippen LogP contribution in [-0.2, 0) is 13.2 Å². The van der Waals surface area contributed by atoms with Gasteiger partial charge in [0.2, 0.25) is 0 Å². The van der Waals surface area contributed by atoms with Gasteiger partial charge in [-0.3, -0.25) is 4.79 Å². The molecule has 0 aliphatic rings. The first-order valence-corrected chi connectivity index (χ1v) is 10.7. The number of carboxylic acid groups (broad SMARTS) is 1. The fraction of sp³-hybridized carbons (Fsp3) is 0.231. The third-order valence-corrected chi connectivity index (χ3v) is 5.25. The standard InChI is InChI=1S/C26H27FN2O5/c1-18(15-28-26(31)32)29(25(30)21-6-4-3-5-7-21)16-20-10-13-23(24(14-20)33-2)34-17-19-8-11-22(27)12-9-19/h3-14,18,28H,15-17H2,1-2H3,(H,31,32). The molecule has 3 aromatic carbocycles. The van der Waals surface area contributed by atoms with Crippen LogP contribution in [0.15, 0.2) is 72.8 Å². The second-order valence-corrected chi connectivity index (χ2v) is 7.73. The minimum Gasteiger partial charge on any atom is -0.493 e. The van der Waals surface area contributed by atoms with Crippen LogP contribution in [0.3, 0.4) is 0 Å². The number of nitrogens with one attached hydrogen (secondary N) is 1. The molecule has 0 heterocycles. The van der Waals surface area contributed by atoms with Crippen LogP contribution in [0.25, 0.3) is 0 Å². The summed E-state index contributed by atoms with van der Waals surface area (Å²) in [5.74, 6) is 0.476. The van der Waals surface area contributed by atoms with Crippen molar-refractivity contribution in [3.8, 4) is 11.5 Å². The van der Waals surface area contributed by atoms with Crippen LogP contribution in [0.2, 0.25) is 0 Å². The molecule has 1 unspecified atom stereocenters. The number of amides is 2. The van der Waals surface area contributed by atoms with E-state index < -0.39 is 12.1 Å². The molecule has 0 radical (unpaired) electrons. The normalized spacial score (nSPS) is 11.4. The van der Waals surface area contributed by atoms with E-state index in [0.29, 0.717) is 17.1 Å². The fourth-order valence-corrected chi connectivity index (χ4v) is 3.39. The maximum Gasteiger partial charge on any atom is 0.404 e. The molecule has 0 saturated heterocycles. The third kappa shape index (κ3) is 6.71. The molecule has 2 amide bonds. The predicted octanol–water partition coefficient (Wildman–Crippen LogP) is 4.71. The zero-order valence-electron chi connectivity index (χ0n) is 19.0. The molecule has 0 aromatic heterocycles. The summed E-state index contributed by atoms with van der Waals surface area (Å²) in [6.45, 7) is 2.36. The molecule has 1 atom stereocenters. The van der Waals surface area contributed by atoms with E-state index in [1.807, 2.05) is 12.1 Å². The summed E-state index contributed by atoms with van der Waals surface area (Å²) in [4.78, 5) is 25.8. The van der Waals surface area contributed by atoms with Gasteiger partial charge < -0.3 is 24.8 Å². The number of carbonyl (C=O) groups excluding carboxylic acids is 1. The van der Waals surface area contributed by atoms with Gasteiger partial charge in [0, 0.05) is 24.7 Å². The number of halogens is 1. The summed E-state index contributed by atoms with van der Waals surface area (Å²) in [5.41, 5.74) is 2.11. The number of benzene rings is 3. The smallest absolute Gasteiger partial charge is 0.404 e. The number of methoxy groups -OCH3 is 1. The number of carbonyl (C=O) groups is 2. The van der Waals surface area contributed by atoms with Crippen molar-refractivity contribution in [1.29, 1.82) is 0 Å². The zero-order chi connectivity index (χ0) is 24.5. The molecule has 178 valence electrons. The van der Waals surface area contributed by atoms with E-state index in [4.69, 9.17) is 14.6 Å². The number of rotatable bonds is 10. The predicted molar refractivity (Wildman–Crippen MR) is 126 cm³/mol. The quantitative estimate of drug-likeness (QED) is 0.452. The van der Waals surface area contributed by atoms with Crippen molar-refractivity contribution in [3.05, 3.63) is 95.3 Å². The van der Waals surface area contributed by atoms with Gasteiger partial charge in [0.05, 0.1) is 7.11 Å². The highest BCUT2D eigenvalue weighted by molar-refractivity contribution is 5.94. The monoisotopic (exact) mass is 466 g/mol. The molecule has 3 aromatic rings. The third-order valence-electron chi connectivity index (χ3n) is 5.25. The zero-order valence-corrected chi connectivity index (χ0v) is 19.0. The lowest BCUT2D eigenvalue weighted by atomic mass is 10.1. The minimum atomic E-state index is -1.15. The van der Waals surface area contributed by atoms with Gasteiger partial charge in [0.1, 0.15) is 12.4 Å². The van der Waals surface area contributed by atoms with Crippen molar-refractivity contribution in [1.82, 2.24) is 10.2 Å². The molecular formula is C26H27FN2O5. The first-order chi connectivity index (χ1) is 16.4. The fourth-order valence-electron chi connectivity index (χ4n) is 3.39. The Morgan fingerprint density at radius 3 is 2.32 bits per heavy atom. The van der Waals surface area contributed by atoms with Crippen LogP contribution in [0.4, 0.5) is 9.18 Å². The topological polar surface area (TPSA) is 88.1 Å². The molecule has 8 heteroatoms. The first kappa shape index (κ1) is 24.6. The molecule has 0 aliphatic heterocycles. The van der Waals surface area contributed by atoms with Crippen molar-refractivity contribution in [3.63, 3.8) is 0 Å². The van der Waals surface area contributed by atoms with Gasteiger partial charge in [-0.15, -0.1) is 0 Å². The van der Waals surface area contributed by atoms with Crippen molar-refractivity contribution in [2.45, 2.75) is 26.1 Å². The van der Waals surface area contributed by atoms with E-state index in [-0.39, 0.29) is 31.4 Å². The maximum atomic E-state index is 13.2. The summed E-state index contributed by atoms with van der Waals surface area (Å²) in [6.07, 6.45) is -1.15. The van der Waals surface area contributed by atoms with Crippen molar-refractivity contribution >= 4 is 12.0 Å². The van der Waals surface area contributed by atoms with Crippen LogP contribution in [-0.4, -0.2) is 41.7 Å². The van der Waals surface area contributed by atoms with Gasteiger partial charge in [0.15, 0.2) is 11.5 Å². The van der Waals surface area contributed by atoms with Crippen LogP contribution >= 0.6 is 0 Å². The van der Waals surface area contributed by atoms with E-state index in [1.165, 1.54) is 19.2 Å². The summed E-state index contributed by atoms with van der Waals surface area (Å²) in [7, 11) is 1.52. The molecule has 7 nitrogen and oxygen atoms in total. The van der Waals surface area contributed by atoms with Crippen LogP contribution in [0.5, 0.6) is 11.5 Å². The lowest BCUT2D eigenvalue weighted by molar-refractivity contribution is 0.0672. The molecule has 0 fully saturated rings. The Bertz CT molecular complexity index is 1110. The van der Waals surface area contributed by atoms with Gasteiger partial charge in [-0.1, -0.05) is 36.4 Å². The molecule has 34 heavy (non-hydrogen) atoms. The lowest BCUT2D eigenvalue weighted by Gasteiger charge is -2.30. The van der Waals surface area contributed by atoms with Crippen LogP contribution in [0, 0.1) is 5.82 Å². The highest BCUT2D eigenvalue weighted by Crippen LogP contribution is 2.30. The molecule has 2 N–H and O–H groups in total. The van der Waals surface area contributed by atoms with Gasteiger partial charge >= 0.3 is 6.09 Å². The molecule has 3 rings (SSSR count). The van der Waals surface area contributed by atoms with E-state index in [0.717, 1.165) is 11.1 Å². The Balaban J connectivity index is 1.78. The summed E-state index contributed by atoms with van der Waals surface area (Å²) in [5, 5.41) is 11.3. The Morgan fingerprint density at radius 1 is 1.00 bits per heavy atom. The van der Waals surface area contributed by atoms with Gasteiger partial charge in [0.25, 0.3) is 5.91 Å². The maximum absolute atomic E-state index is 13.2. The molecule has 0 saturated carbocycles. The highest BCUT2D eigenvalue weighted by Gasteiger charge is 2.23. The second-order valence-electron chi connectivity index (χ2n) is 7.73. The summed E-state index contributed by atoms with van der Waals surface area (Å²) in [6, 6.07) is 19.8. The van der Waals surface area contributed by atoms with E-state index in [1.54, 1.807) is 60.4 Å². The molecule has 0 bridgehead atoms. The van der Waals surface area contributed by atoms with Crippen molar-refractivity contribution < 1.29 is 28.6 Å². The molecule has 0 spiro atoms. The highest BCUT2D eigenvalue weighted by atomic mass is 19.1. The SMILES string of the molecule is COc1cc(CN(C(=O)c2ccccc2)C(C)CNC(=O)O)ccc1OCc1ccc(F)cc1. The van der Waals surface area contributed by atoms with Gasteiger partial charge in [-0.2, -0.15) is 0 Å². The van der Waals surface area contributed by atoms with Crippen molar-refractivity contribution in [2.75, 3.05) is 13.7 Å². The van der Waals surface area contributed by atoms with Gasteiger partial charge in [-0.05, 0) is 54.4 Å². The Labute approximate surface area is 197 Å². The first-order valence-electron chi connectivity index (χ1n) is 10.7. The average Bonchev–Trinajstić information content (AvgIpc) is 2.85. The number of ether oxygens (including phenoxy) is 2. The Hall–Kier alpha value is -4.07. The average molecular weight is 467 g/mol. The summed E-state index contributed by atoms with van der Waals surface area (Å²) < 4.78 is 24.4. The largest absolute Gasteiger partial charge is 0.493 e. The number of hydrogen-bond acceptors (Lipinski definition) is 4. The van der Waals surface area contributed by atoms with E-state index in [2.05, 4.69) is 5.32 Å². The molecular weight excluding hydrogens is 439 g/mol. The number of hydrogen-bond donors (Lipinski definition) is 2. The van der Waals surface area contributed by atoms with Crippen molar-refractivity contribution in [2.24, 2.45) is 0 Å². The molecule has 0 aliphatic carbocycles. The lowest BCUT2D eigenvalue weighted by Crippen LogP contribution is -2.44. The van der Waals surface area contributed by atoms with Gasteiger partial charge in [-0.25, -0.2) is 9.18 Å². The second kappa shape index (κ2) is 11.7. The van der Waals surface area contributed by atoms with E-state index in [9.17, 15) is 14.0 Å². The van der Waals surface area contributed by atoms with E-state index >= 15 is 0 Å². The minimum absolute atomic E-state index is 0.0872.